The minimum absolute atomic E-state index is 0.156. The van der Waals surface area contributed by atoms with Gasteiger partial charge < -0.3 is 5.73 Å². The van der Waals surface area contributed by atoms with Gasteiger partial charge in [-0.15, -0.1) is 0 Å². The molecule has 1 aromatic rings. The summed E-state index contributed by atoms with van der Waals surface area (Å²) in [6.45, 7) is 6.59. The molecule has 19 heavy (non-hydrogen) atoms. The van der Waals surface area contributed by atoms with E-state index in [-0.39, 0.29) is 11.5 Å². The molecule has 106 valence electrons. The minimum atomic E-state index is -1.04. The molecule has 0 heterocycles. The van der Waals surface area contributed by atoms with Crippen LogP contribution in [0.15, 0.2) is 24.3 Å². The van der Waals surface area contributed by atoms with E-state index in [2.05, 4.69) is 45.0 Å². The highest BCUT2D eigenvalue weighted by molar-refractivity contribution is 5.28. The maximum atomic E-state index is 14.7. The van der Waals surface area contributed by atoms with Crippen LogP contribution in [0, 0.1) is 0 Å². The summed E-state index contributed by atoms with van der Waals surface area (Å²) >= 11 is 0. The third-order valence-corrected chi connectivity index (χ3v) is 4.27. The number of hydrogen-bond acceptors (Lipinski definition) is 1. The van der Waals surface area contributed by atoms with E-state index in [4.69, 9.17) is 5.73 Å². The topological polar surface area (TPSA) is 26.0 Å². The molecule has 0 aliphatic heterocycles. The molecule has 0 bridgehead atoms. The molecule has 1 aliphatic rings. The average Bonchev–Trinajstić information content (AvgIpc) is 2.33. The van der Waals surface area contributed by atoms with Crippen molar-refractivity contribution >= 4 is 0 Å². The van der Waals surface area contributed by atoms with Crippen LogP contribution in [0.1, 0.15) is 57.6 Å². The number of rotatable bonds is 2. The summed E-state index contributed by atoms with van der Waals surface area (Å²) in [5.74, 6) is 0. The quantitative estimate of drug-likeness (QED) is 0.852. The van der Waals surface area contributed by atoms with Crippen molar-refractivity contribution in [2.75, 3.05) is 0 Å². The lowest BCUT2D eigenvalue weighted by Crippen LogP contribution is -2.37. The highest BCUT2D eigenvalue weighted by Gasteiger charge is 2.34. The Morgan fingerprint density at radius 3 is 2.16 bits per heavy atom. The third-order valence-electron chi connectivity index (χ3n) is 4.27. The second-order valence-corrected chi connectivity index (χ2v) is 7.11. The molecule has 2 rings (SSSR count). The second-order valence-electron chi connectivity index (χ2n) is 7.11. The summed E-state index contributed by atoms with van der Waals surface area (Å²) in [6.07, 6.45) is 3.38. The molecule has 1 saturated carbocycles. The lowest BCUT2D eigenvalue weighted by atomic mass is 9.79. The number of benzene rings is 1. The molecule has 1 aliphatic carbocycles. The largest absolute Gasteiger partial charge is 0.328 e. The van der Waals surface area contributed by atoms with Crippen LogP contribution >= 0.6 is 0 Å². The molecular weight excluding hydrogens is 237 g/mol. The van der Waals surface area contributed by atoms with Crippen LogP contribution in [0.25, 0.3) is 0 Å². The molecule has 0 amide bonds. The molecule has 2 N–H and O–H groups in total. The Morgan fingerprint density at radius 1 is 1.16 bits per heavy atom. The third kappa shape index (κ3) is 3.79. The van der Waals surface area contributed by atoms with Crippen molar-refractivity contribution in [2.45, 2.75) is 70.0 Å². The van der Waals surface area contributed by atoms with E-state index in [0.29, 0.717) is 19.3 Å². The smallest absolute Gasteiger partial charge is 0.115 e. The first kappa shape index (κ1) is 14.5. The van der Waals surface area contributed by atoms with Gasteiger partial charge in [0.15, 0.2) is 0 Å². The highest BCUT2D eigenvalue weighted by atomic mass is 19.1. The maximum absolute atomic E-state index is 14.7. The second kappa shape index (κ2) is 5.24. The summed E-state index contributed by atoms with van der Waals surface area (Å²) in [6, 6.07) is 8.63. The summed E-state index contributed by atoms with van der Waals surface area (Å²) in [4.78, 5) is 0. The Labute approximate surface area is 116 Å². The molecule has 0 unspecified atom stereocenters. The van der Waals surface area contributed by atoms with Crippen LogP contribution < -0.4 is 5.73 Å². The van der Waals surface area contributed by atoms with Crippen LogP contribution in [0.5, 0.6) is 0 Å². The Balaban J connectivity index is 2.03. The minimum Gasteiger partial charge on any atom is -0.328 e. The molecule has 0 radical (unpaired) electrons. The number of hydrogen-bond donors (Lipinski definition) is 1. The molecular formula is C17H26FN. The monoisotopic (exact) mass is 263 g/mol. The first-order valence-corrected chi connectivity index (χ1v) is 7.32. The first-order chi connectivity index (χ1) is 8.78. The molecule has 1 nitrogen and oxygen atoms in total. The van der Waals surface area contributed by atoms with E-state index < -0.39 is 5.67 Å². The van der Waals surface area contributed by atoms with E-state index in [1.54, 1.807) is 0 Å². The first-order valence-electron chi connectivity index (χ1n) is 7.32. The Hall–Kier alpha value is -0.890. The van der Waals surface area contributed by atoms with Gasteiger partial charge in [-0.25, -0.2) is 4.39 Å². The van der Waals surface area contributed by atoms with Crippen molar-refractivity contribution in [1.29, 1.82) is 0 Å². The highest BCUT2D eigenvalue weighted by Crippen LogP contribution is 2.34. The summed E-state index contributed by atoms with van der Waals surface area (Å²) in [7, 11) is 0. The van der Waals surface area contributed by atoms with Crippen LogP contribution in [0.2, 0.25) is 0 Å². The van der Waals surface area contributed by atoms with Gasteiger partial charge in [-0.3, -0.25) is 0 Å². The fourth-order valence-electron chi connectivity index (χ4n) is 2.82. The predicted octanol–water partition coefficient (Wildman–Crippen LogP) is 4.14. The van der Waals surface area contributed by atoms with Gasteiger partial charge in [0.1, 0.15) is 5.67 Å². The molecule has 1 aromatic carbocycles. The molecule has 0 spiro atoms. The van der Waals surface area contributed by atoms with Gasteiger partial charge >= 0.3 is 0 Å². The molecule has 1 fully saturated rings. The van der Waals surface area contributed by atoms with Gasteiger partial charge in [0.05, 0.1) is 0 Å². The van der Waals surface area contributed by atoms with E-state index in [1.807, 2.05) is 0 Å². The molecule has 0 saturated heterocycles. The lowest BCUT2D eigenvalue weighted by molar-refractivity contribution is 0.0995. The van der Waals surface area contributed by atoms with Gasteiger partial charge in [-0.05, 0) is 42.2 Å². The normalized spacial score (nSPS) is 28.4. The Morgan fingerprint density at radius 2 is 1.68 bits per heavy atom. The van der Waals surface area contributed by atoms with Crippen molar-refractivity contribution in [2.24, 2.45) is 5.73 Å². The van der Waals surface area contributed by atoms with E-state index >= 15 is 0 Å². The van der Waals surface area contributed by atoms with Crippen LogP contribution in [-0.2, 0) is 11.8 Å². The van der Waals surface area contributed by atoms with Gasteiger partial charge in [-0.1, -0.05) is 45.0 Å². The molecule has 0 aromatic heterocycles. The number of halogens is 1. The number of alkyl halides is 1. The summed E-state index contributed by atoms with van der Waals surface area (Å²) < 4.78 is 14.7. The zero-order valence-corrected chi connectivity index (χ0v) is 12.4. The van der Waals surface area contributed by atoms with Gasteiger partial charge in [-0.2, -0.15) is 0 Å². The van der Waals surface area contributed by atoms with E-state index in [1.165, 1.54) is 5.56 Å². The van der Waals surface area contributed by atoms with Crippen molar-refractivity contribution < 1.29 is 4.39 Å². The standard InChI is InChI=1S/C17H26FN/c1-16(2,3)14-6-4-13(5-7-14)12-17(18)10-8-15(19)9-11-17/h4-7,15H,8-12,19H2,1-3H3. The van der Waals surface area contributed by atoms with Crippen molar-refractivity contribution in [1.82, 2.24) is 0 Å². The predicted molar refractivity (Wildman–Crippen MR) is 79.1 cm³/mol. The summed E-state index contributed by atoms with van der Waals surface area (Å²) in [5.41, 5.74) is 7.37. The SMILES string of the molecule is CC(C)(C)c1ccc(CC2(F)CCC(N)CC2)cc1. The number of nitrogens with two attached hydrogens (primary N) is 1. The zero-order chi connectivity index (χ0) is 14.1. The maximum Gasteiger partial charge on any atom is 0.115 e. The lowest BCUT2D eigenvalue weighted by Gasteiger charge is -2.32. The van der Waals surface area contributed by atoms with Gasteiger partial charge in [0, 0.05) is 12.5 Å². The zero-order valence-electron chi connectivity index (χ0n) is 12.4. The summed E-state index contributed by atoms with van der Waals surface area (Å²) in [5, 5.41) is 0. The Kier molecular flexibility index (Phi) is 4.00. The van der Waals surface area contributed by atoms with Crippen LogP contribution in [0.3, 0.4) is 0 Å². The van der Waals surface area contributed by atoms with Gasteiger partial charge in [0.25, 0.3) is 0 Å². The van der Waals surface area contributed by atoms with Gasteiger partial charge in [0.2, 0.25) is 0 Å². The fourth-order valence-corrected chi connectivity index (χ4v) is 2.82. The van der Waals surface area contributed by atoms with Crippen LogP contribution in [0.4, 0.5) is 4.39 Å². The average molecular weight is 263 g/mol. The molecule has 2 heteroatoms. The molecule has 0 atom stereocenters. The van der Waals surface area contributed by atoms with Crippen molar-refractivity contribution in [3.05, 3.63) is 35.4 Å². The van der Waals surface area contributed by atoms with E-state index in [0.717, 1.165) is 18.4 Å². The van der Waals surface area contributed by atoms with Crippen molar-refractivity contribution in [3.63, 3.8) is 0 Å². The van der Waals surface area contributed by atoms with E-state index in [9.17, 15) is 4.39 Å². The Bertz CT molecular complexity index is 408. The fraction of sp³-hybridized carbons (Fsp3) is 0.647. The van der Waals surface area contributed by atoms with Crippen LogP contribution in [-0.4, -0.2) is 11.7 Å². The van der Waals surface area contributed by atoms with Crippen molar-refractivity contribution in [3.8, 4) is 0 Å².